The lowest BCUT2D eigenvalue weighted by Crippen LogP contribution is -3.00. The van der Waals surface area contributed by atoms with E-state index in [1.807, 2.05) is 0 Å². The van der Waals surface area contributed by atoms with Gasteiger partial charge >= 0.3 is 0 Å². The Kier molecular flexibility index (Phi) is 12.4. The van der Waals surface area contributed by atoms with Crippen LogP contribution in [0, 0.1) is 0 Å². The molecule has 6 aromatic rings. The van der Waals surface area contributed by atoms with E-state index in [0.717, 1.165) is 11.0 Å². The van der Waals surface area contributed by atoms with Gasteiger partial charge in [0.15, 0.2) is 0 Å². The van der Waals surface area contributed by atoms with Gasteiger partial charge in [-0.1, -0.05) is 121 Å². The molecule has 0 saturated heterocycles. The molecule has 216 valence electrons. The van der Waals surface area contributed by atoms with E-state index >= 15 is 0 Å². The zero-order valence-corrected chi connectivity index (χ0v) is 29.6. The Balaban J connectivity index is 0.00000212. The van der Waals surface area contributed by atoms with E-state index < -0.39 is 14.5 Å². The summed E-state index contributed by atoms with van der Waals surface area (Å²) in [6, 6.07) is 67.5. The molecule has 0 N–H and O–H groups in total. The van der Waals surface area contributed by atoms with E-state index in [1.165, 1.54) is 31.8 Å². The first-order chi connectivity index (χ1) is 20.3. The summed E-state index contributed by atoms with van der Waals surface area (Å²) in [5.74, 6) is 0. The van der Waals surface area contributed by atoms with Crippen LogP contribution >= 0.6 is 26.3 Å². The van der Waals surface area contributed by atoms with Crippen LogP contribution in [0.15, 0.2) is 182 Å². The summed E-state index contributed by atoms with van der Waals surface area (Å²) in [5.41, 5.74) is 2.08. The number of rotatable bonds is 10. The number of benzene rings is 6. The molecule has 0 radical (unpaired) electrons. The molecule has 0 atom stereocenters. The topological polar surface area (TPSA) is 0 Å². The van der Waals surface area contributed by atoms with Crippen LogP contribution in [-0.2, 0) is 0 Å². The van der Waals surface area contributed by atoms with Gasteiger partial charge in [-0.2, -0.15) is 0 Å². The first-order valence-corrected chi connectivity index (χ1v) is 19.1. The molecule has 0 bridgehead atoms. The molecule has 0 fully saturated rings. The molecule has 43 heavy (non-hydrogen) atoms. The van der Waals surface area contributed by atoms with Crippen LogP contribution < -0.4 is 65.8 Å². The Morgan fingerprint density at radius 1 is 0.279 bits per heavy atom. The maximum absolute atomic E-state index is 2.35. The van der Waals surface area contributed by atoms with E-state index in [0.29, 0.717) is 0 Å². The fourth-order valence-electron chi connectivity index (χ4n) is 5.75. The van der Waals surface area contributed by atoms with E-state index in [4.69, 9.17) is 0 Å². The van der Waals surface area contributed by atoms with Crippen LogP contribution in [0.5, 0.6) is 0 Å². The second-order valence-electron chi connectivity index (χ2n) is 10.1. The largest absolute Gasteiger partial charge is 1.00 e. The van der Waals surface area contributed by atoms with Crippen molar-refractivity contribution in [3.63, 3.8) is 0 Å². The molecule has 0 aliphatic heterocycles. The molecular weight excluding hydrogens is 710 g/mol. The standard InChI is InChI=1S/C38H34P2S.2BrH/c1-7-19-33(20-8-1)39(34-21-9-2-10-22-34,35-23-11-3-12-24-35)31-41-32-40(36-25-13-4-14-26-36,37-27-15-5-16-28-37)38-29-17-6-18-30-38;;/h1-30H,31-32H2;2*1H/q+2;;/p-2. The Labute approximate surface area is 283 Å². The van der Waals surface area contributed by atoms with Gasteiger partial charge in [-0.05, 0) is 72.8 Å². The third-order valence-corrected chi connectivity index (χ3v) is 19.4. The smallest absolute Gasteiger partial charge is 0.122 e. The highest BCUT2D eigenvalue weighted by atomic mass is 79.9. The van der Waals surface area contributed by atoms with Crippen LogP contribution in [0.4, 0.5) is 0 Å². The lowest BCUT2D eigenvalue weighted by Gasteiger charge is -2.30. The summed E-state index contributed by atoms with van der Waals surface area (Å²) in [6.45, 7) is 0. The van der Waals surface area contributed by atoms with Crippen molar-refractivity contribution < 1.29 is 34.0 Å². The van der Waals surface area contributed by atoms with Crippen molar-refractivity contribution in [2.45, 2.75) is 0 Å². The predicted octanol–water partition coefficient (Wildman–Crippen LogP) is 1.63. The predicted molar refractivity (Wildman–Crippen MR) is 188 cm³/mol. The highest BCUT2D eigenvalue weighted by Crippen LogP contribution is 2.63. The molecule has 0 amide bonds. The Hall–Kier alpha value is -2.51. The molecule has 0 aromatic heterocycles. The van der Waals surface area contributed by atoms with Crippen LogP contribution in [-0.4, -0.2) is 11.0 Å². The fourth-order valence-corrected chi connectivity index (χ4v) is 18.5. The zero-order chi connectivity index (χ0) is 27.8. The molecule has 0 aliphatic rings. The lowest BCUT2D eigenvalue weighted by atomic mass is 10.4. The van der Waals surface area contributed by atoms with Gasteiger partial charge in [-0.3, -0.25) is 0 Å². The maximum atomic E-state index is 2.35. The van der Waals surface area contributed by atoms with Crippen molar-refractivity contribution in [1.29, 1.82) is 0 Å². The number of hydrogen-bond acceptors (Lipinski definition) is 1. The van der Waals surface area contributed by atoms with E-state index in [9.17, 15) is 0 Å². The number of hydrogen-bond donors (Lipinski definition) is 0. The summed E-state index contributed by atoms with van der Waals surface area (Å²) in [4.78, 5) is 0. The zero-order valence-electron chi connectivity index (χ0n) is 23.8. The van der Waals surface area contributed by atoms with E-state index in [1.54, 1.807) is 0 Å². The molecule has 0 saturated carbocycles. The maximum Gasteiger partial charge on any atom is 0.122 e. The van der Waals surface area contributed by atoms with Gasteiger partial charge in [0, 0.05) is 0 Å². The first kappa shape index (κ1) is 33.4. The van der Waals surface area contributed by atoms with Crippen molar-refractivity contribution in [3.05, 3.63) is 182 Å². The molecule has 0 unspecified atom stereocenters. The van der Waals surface area contributed by atoms with Crippen molar-refractivity contribution in [3.8, 4) is 0 Å². The summed E-state index contributed by atoms with van der Waals surface area (Å²) in [5, 5.41) is 8.63. The quantitative estimate of drug-likeness (QED) is 0.193. The summed E-state index contributed by atoms with van der Waals surface area (Å²) >= 11 is 2.13. The third kappa shape index (κ3) is 6.93. The highest BCUT2D eigenvalue weighted by Gasteiger charge is 2.49. The summed E-state index contributed by atoms with van der Waals surface area (Å²) in [6.07, 6.45) is 0. The van der Waals surface area contributed by atoms with E-state index in [2.05, 4.69) is 194 Å². The van der Waals surface area contributed by atoms with Crippen LogP contribution in [0.3, 0.4) is 0 Å². The van der Waals surface area contributed by atoms with Crippen molar-refractivity contribution in [2.75, 3.05) is 11.0 Å². The summed E-state index contributed by atoms with van der Waals surface area (Å²) < 4.78 is 0. The fraction of sp³-hybridized carbons (Fsp3) is 0.0526. The van der Waals surface area contributed by atoms with Crippen LogP contribution in [0.1, 0.15) is 0 Å². The molecule has 0 spiro atoms. The van der Waals surface area contributed by atoms with Gasteiger partial charge in [0.1, 0.15) is 57.3 Å². The Bertz CT molecular complexity index is 1320. The minimum atomic E-state index is -1.93. The third-order valence-electron chi connectivity index (χ3n) is 7.75. The molecule has 5 heteroatoms. The number of thioether (sulfide) groups is 1. The molecule has 0 heterocycles. The van der Waals surface area contributed by atoms with Crippen LogP contribution in [0.2, 0.25) is 0 Å². The van der Waals surface area contributed by atoms with Crippen molar-refractivity contribution >= 4 is 58.1 Å². The highest BCUT2D eigenvalue weighted by molar-refractivity contribution is 8.19. The molecular formula is C38H34Br2P2S. The molecule has 6 rings (SSSR count). The Morgan fingerprint density at radius 2 is 0.442 bits per heavy atom. The van der Waals surface area contributed by atoms with Gasteiger partial charge in [0.05, 0.1) is 0 Å². The molecule has 0 aliphatic carbocycles. The first-order valence-electron chi connectivity index (χ1n) is 14.0. The molecule has 0 nitrogen and oxygen atoms in total. The van der Waals surface area contributed by atoms with E-state index in [-0.39, 0.29) is 34.0 Å². The number of halogens is 2. The minimum absolute atomic E-state index is 0. The molecule has 6 aromatic carbocycles. The normalized spacial score (nSPS) is 11.2. The minimum Gasteiger partial charge on any atom is -1.00 e. The van der Waals surface area contributed by atoms with Crippen molar-refractivity contribution in [2.24, 2.45) is 0 Å². The van der Waals surface area contributed by atoms with Gasteiger partial charge in [-0.15, -0.1) is 0 Å². The van der Waals surface area contributed by atoms with Gasteiger partial charge in [0.25, 0.3) is 0 Å². The van der Waals surface area contributed by atoms with Gasteiger partial charge in [0.2, 0.25) is 0 Å². The van der Waals surface area contributed by atoms with Crippen molar-refractivity contribution in [1.82, 2.24) is 0 Å². The SMILES string of the molecule is [Br-].[Br-].c1ccc([P+](CSC[P+](c2ccccc2)(c2ccccc2)c2ccccc2)(c2ccccc2)c2ccccc2)cc1. The summed E-state index contributed by atoms with van der Waals surface area (Å²) in [7, 11) is -3.87. The average Bonchev–Trinajstić information content (AvgIpc) is 3.08. The lowest BCUT2D eigenvalue weighted by molar-refractivity contribution is -0.00100. The second kappa shape index (κ2) is 16.0. The monoisotopic (exact) mass is 742 g/mol. The average molecular weight is 745 g/mol. The second-order valence-corrected chi connectivity index (χ2v) is 18.9. The van der Waals surface area contributed by atoms with Gasteiger partial charge in [-0.25, -0.2) is 0 Å². The Morgan fingerprint density at radius 3 is 0.605 bits per heavy atom. The van der Waals surface area contributed by atoms with Gasteiger partial charge < -0.3 is 34.0 Å². The van der Waals surface area contributed by atoms with Crippen LogP contribution in [0.25, 0.3) is 0 Å².